The topological polar surface area (TPSA) is 34.1 Å². The van der Waals surface area contributed by atoms with Gasteiger partial charge in [-0.05, 0) is 48.2 Å². The summed E-state index contributed by atoms with van der Waals surface area (Å²) in [5.41, 5.74) is 1.19. The van der Waals surface area contributed by atoms with Crippen molar-refractivity contribution < 1.29 is 4.74 Å². The highest BCUT2D eigenvalue weighted by atomic mass is 32.1. The van der Waals surface area contributed by atoms with Gasteiger partial charge in [-0.3, -0.25) is 0 Å². The summed E-state index contributed by atoms with van der Waals surface area (Å²) in [5, 5.41) is 6.65. The van der Waals surface area contributed by atoms with E-state index in [1.54, 1.807) is 22.7 Å². The zero-order valence-corrected chi connectivity index (χ0v) is 14.0. The molecule has 0 atom stereocenters. The lowest BCUT2D eigenvalue weighted by atomic mass is 10.2. The Morgan fingerprint density at radius 3 is 2.73 bits per heavy atom. The molecule has 1 aromatic carbocycles. The number of hydrogen-bond donors (Lipinski definition) is 1. The summed E-state index contributed by atoms with van der Waals surface area (Å²) in [6.07, 6.45) is 1.95. The van der Waals surface area contributed by atoms with Crippen molar-refractivity contribution >= 4 is 22.7 Å². The van der Waals surface area contributed by atoms with Crippen molar-refractivity contribution in [2.45, 2.75) is 20.0 Å². The van der Waals surface area contributed by atoms with Crippen molar-refractivity contribution in [3.05, 3.63) is 57.9 Å². The Morgan fingerprint density at radius 1 is 1.14 bits per heavy atom. The van der Waals surface area contributed by atoms with Crippen LogP contribution in [0.3, 0.4) is 0 Å². The maximum absolute atomic E-state index is 5.47. The molecule has 0 aliphatic rings. The van der Waals surface area contributed by atoms with E-state index >= 15 is 0 Å². The van der Waals surface area contributed by atoms with E-state index in [4.69, 9.17) is 4.74 Å². The number of nitrogens with one attached hydrogen (secondary N) is 1. The van der Waals surface area contributed by atoms with Gasteiger partial charge >= 0.3 is 0 Å². The lowest BCUT2D eigenvalue weighted by Crippen LogP contribution is -2.11. The third-order valence-corrected chi connectivity index (χ3v) is 5.08. The van der Waals surface area contributed by atoms with Crippen LogP contribution in [0.2, 0.25) is 0 Å². The Kier molecular flexibility index (Phi) is 5.21. The minimum absolute atomic E-state index is 0.694. The fourth-order valence-corrected chi connectivity index (χ4v) is 3.68. The highest BCUT2D eigenvalue weighted by Crippen LogP contribution is 2.27. The van der Waals surface area contributed by atoms with E-state index in [-0.39, 0.29) is 0 Å². The molecule has 5 heteroatoms. The van der Waals surface area contributed by atoms with E-state index in [2.05, 4.69) is 39.9 Å². The number of rotatable bonds is 7. The van der Waals surface area contributed by atoms with Crippen LogP contribution in [-0.2, 0) is 13.1 Å². The molecular formula is C17H18N2OS2. The van der Waals surface area contributed by atoms with Gasteiger partial charge in [0.1, 0.15) is 10.8 Å². The van der Waals surface area contributed by atoms with E-state index in [9.17, 15) is 0 Å². The van der Waals surface area contributed by atoms with Gasteiger partial charge in [0, 0.05) is 24.2 Å². The smallest absolute Gasteiger partial charge is 0.119 e. The average molecular weight is 330 g/mol. The Labute approximate surface area is 138 Å². The van der Waals surface area contributed by atoms with Crippen LogP contribution in [0.4, 0.5) is 0 Å². The number of thiazole rings is 1. The molecule has 0 radical (unpaired) electrons. The fraction of sp³-hybridized carbons (Fsp3) is 0.235. The molecule has 0 bridgehead atoms. The van der Waals surface area contributed by atoms with Crippen LogP contribution in [0.1, 0.15) is 16.8 Å². The molecule has 0 unspecified atom stereocenters. The van der Waals surface area contributed by atoms with Crippen molar-refractivity contribution in [3.8, 4) is 16.2 Å². The molecule has 114 valence electrons. The minimum atomic E-state index is 0.694. The van der Waals surface area contributed by atoms with Crippen molar-refractivity contribution in [2.75, 3.05) is 6.61 Å². The molecule has 0 spiro atoms. The predicted molar refractivity (Wildman–Crippen MR) is 93.6 cm³/mol. The second kappa shape index (κ2) is 7.54. The highest BCUT2D eigenvalue weighted by Gasteiger charge is 2.05. The summed E-state index contributed by atoms with van der Waals surface area (Å²) in [4.78, 5) is 7.04. The largest absolute Gasteiger partial charge is 0.494 e. The molecule has 0 saturated carbocycles. The van der Waals surface area contributed by atoms with Gasteiger partial charge in [0.2, 0.25) is 0 Å². The van der Waals surface area contributed by atoms with E-state index in [0.717, 1.165) is 23.8 Å². The Bertz CT molecular complexity index is 690. The standard InChI is InChI=1S/C17H18N2OS2/c1-2-20-14-7-5-13(6-8-14)16-11-19-17(22-16)12-18-10-15-4-3-9-21-15/h3-9,11,18H,2,10,12H2,1H3. The number of hydrogen-bond acceptors (Lipinski definition) is 5. The molecule has 0 aliphatic heterocycles. The normalized spacial score (nSPS) is 10.8. The van der Waals surface area contributed by atoms with Crippen LogP contribution in [0, 0.1) is 0 Å². The second-order valence-electron chi connectivity index (χ2n) is 4.76. The summed E-state index contributed by atoms with van der Waals surface area (Å²) in [6.45, 7) is 4.39. The molecular weight excluding hydrogens is 312 g/mol. The maximum atomic E-state index is 5.47. The molecule has 0 fully saturated rings. The van der Waals surface area contributed by atoms with Gasteiger partial charge < -0.3 is 10.1 Å². The van der Waals surface area contributed by atoms with Crippen molar-refractivity contribution in [1.29, 1.82) is 0 Å². The van der Waals surface area contributed by atoms with Gasteiger partial charge in [0.25, 0.3) is 0 Å². The first-order chi connectivity index (χ1) is 10.8. The summed E-state index contributed by atoms with van der Waals surface area (Å²) in [5.74, 6) is 0.911. The van der Waals surface area contributed by atoms with E-state index < -0.39 is 0 Å². The molecule has 0 aliphatic carbocycles. The molecule has 0 amide bonds. The summed E-state index contributed by atoms with van der Waals surface area (Å²) < 4.78 is 5.47. The summed E-state index contributed by atoms with van der Waals surface area (Å²) >= 11 is 3.51. The van der Waals surface area contributed by atoms with Crippen molar-refractivity contribution in [1.82, 2.24) is 10.3 Å². The molecule has 3 rings (SSSR count). The van der Waals surface area contributed by atoms with Crippen LogP contribution in [-0.4, -0.2) is 11.6 Å². The average Bonchev–Trinajstić information content (AvgIpc) is 3.20. The number of nitrogens with zero attached hydrogens (tertiary/aromatic N) is 1. The Morgan fingerprint density at radius 2 is 2.00 bits per heavy atom. The summed E-state index contributed by atoms with van der Waals surface area (Å²) in [7, 11) is 0. The molecule has 0 saturated heterocycles. The third kappa shape index (κ3) is 3.94. The number of aromatic nitrogens is 1. The van der Waals surface area contributed by atoms with Gasteiger partial charge in [-0.25, -0.2) is 4.98 Å². The van der Waals surface area contributed by atoms with E-state index in [1.807, 2.05) is 25.3 Å². The van der Waals surface area contributed by atoms with E-state index in [1.165, 1.54) is 15.3 Å². The van der Waals surface area contributed by atoms with Crippen LogP contribution >= 0.6 is 22.7 Å². The zero-order chi connectivity index (χ0) is 15.2. The van der Waals surface area contributed by atoms with Gasteiger partial charge in [-0.1, -0.05) is 6.07 Å². The van der Waals surface area contributed by atoms with Crippen molar-refractivity contribution in [2.24, 2.45) is 0 Å². The SMILES string of the molecule is CCOc1ccc(-c2cnc(CNCc3cccs3)s2)cc1. The molecule has 2 heterocycles. The maximum Gasteiger partial charge on any atom is 0.119 e. The number of thiophene rings is 1. The first-order valence-corrected chi connectivity index (χ1v) is 8.96. The monoisotopic (exact) mass is 330 g/mol. The van der Waals surface area contributed by atoms with Crippen LogP contribution in [0.25, 0.3) is 10.4 Å². The fourth-order valence-electron chi connectivity index (χ4n) is 2.11. The van der Waals surface area contributed by atoms with Crippen LogP contribution in [0.5, 0.6) is 5.75 Å². The Hall–Kier alpha value is -1.69. The first kappa shape index (κ1) is 15.2. The van der Waals surface area contributed by atoms with Gasteiger partial charge in [0.05, 0.1) is 11.5 Å². The van der Waals surface area contributed by atoms with Gasteiger partial charge in [-0.15, -0.1) is 22.7 Å². The molecule has 1 N–H and O–H groups in total. The zero-order valence-electron chi connectivity index (χ0n) is 12.4. The number of benzene rings is 1. The van der Waals surface area contributed by atoms with E-state index in [0.29, 0.717) is 6.61 Å². The van der Waals surface area contributed by atoms with Crippen LogP contribution in [0.15, 0.2) is 48.0 Å². The second-order valence-corrected chi connectivity index (χ2v) is 6.91. The summed E-state index contributed by atoms with van der Waals surface area (Å²) in [6, 6.07) is 12.4. The molecule has 22 heavy (non-hydrogen) atoms. The predicted octanol–water partition coefficient (Wildman–Crippen LogP) is 4.56. The Balaban J connectivity index is 1.58. The number of ether oxygens (including phenoxy) is 1. The lowest BCUT2D eigenvalue weighted by molar-refractivity contribution is 0.340. The van der Waals surface area contributed by atoms with Gasteiger partial charge in [-0.2, -0.15) is 0 Å². The lowest BCUT2D eigenvalue weighted by Gasteiger charge is -2.03. The first-order valence-electron chi connectivity index (χ1n) is 7.26. The molecule has 2 aromatic heterocycles. The quantitative estimate of drug-likeness (QED) is 0.689. The van der Waals surface area contributed by atoms with Gasteiger partial charge in [0.15, 0.2) is 0 Å². The third-order valence-electron chi connectivity index (χ3n) is 3.16. The van der Waals surface area contributed by atoms with Crippen LogP contribution < -0.4 is 10.1 Å². The minimum Gasteiger partial charge on any atom is -0.494 e. The molecule has 3 nitrogen and oxygen atoms in total. The highest BCUT2D eigenvalue weighted by molar-refractivity contribution is 7.15. The van der Waals surface area contributed by atoms with Crippen molar-refractivity contribution in [3.63, 3.8) is 0 Å². The molecule has 3 aromatic rings.